The molecule has 0 radical (unpaired) electrons. The van der Waals surface area contributed by atoms with E-state index in [0.717, 1.165) is 17.1 Å². The highest BCUT2D eigenvalue weighted by Crippen LogP contribution is 2.21. The van der Waals surface area contributed by atoms with Gasteiger partial charge in [0.1, 0.15) is 11.5 Å². The SMILES string of the molecule is Cc1cc([C@@H](C)NC(=O)Nc2cccc([S@@](C)=O)c2)c(C)o1. The molecule has 0 saturated carbocycles. The van der Waals surface area contributed by atoms with Crippen molar-refractivity contribution in [3.05, 3.63) is 47.4 Å². The number of nitrogens with one attached hydrogen (secondary N) is 2. The topological polar surface area (TPSA) is 71.3 Å². The first-order valence-corrected chi connectivity index (χ1v) is 8.50. The monoisotopic (exact) mass is 320 g/mol. The molecule has 0 fully saturated rings. The predicted octanol–water partition coefficient (Wildman–Crippen LogP) is 3.52. The first-order valence-electron chi connectivity index (χ1n) is 6.94. The van der Waals surface area contributed by atoms with Crippen LogP contribution < -0.4 is 10.6 Å². The van der Waals surface area contributed by atoms with Crippen molar-refractivity contribution < 1.29 is 13.4 Å². The lowest BCUT2D eigenvalue weighted by molar-refractivity contribution is 0.249. The average Bonchev–Trinajstić information content (AvgIpc) is 2.77. The number of carbonyl (C=O) groups excluding carboxylic acids is 1. The number of benzene rings is 1. The van der Waals surface area contributed by atoms with Crippen LogP contribution in [0.25, 0.3) is 0 Å². The summed E-state index contributed by atoms with van der Waals surface area (Å²) in [6, 6.07) is 8.42. The van der Waals surface area contributed by atoms with Gasteiger partial charge >= 0.3 is 6.03 Å². The number of furan rings is 1. The maximum absolute atomic E-state index is 12.1. The van der Waals surface area contributed by atoms with E-state index >= 15 is 0 Å². The molecule has 0 spiro atoms. The van der Waals surface area contributed by atoms with Crippen molar-refractivity contribution in [2.75, 3.05) is 11.6 Å². The summed E-state index contributed by atoms with van der Waals surface area (Å²) in [7, 11) is -1.08. The molecule has 1 aromatic carbocycles. The van der Waals surface area contributed by atoms with Crippen LogP contribution in [0.2, 0.25) is 0 Å². The van der Waals surface area contributed by atoms with Gasteiger partial charge in [0.2, 0.25) is 0 Å². The van der Waals surface area contributed by atoms with E-state index < -0.39 is 10.8 Å². The Bertz CT molecular complexity index is 709. The van der Waals surface area contributed by atoms with Gasteiger partial charge in [0.15, 0.2) is 0 Å². The summed E-state index contributed by atoms with van der Waals surface area (Å²) < 4.78 is 16.9. The third-order valence-corrected chi connectivity index (χ3v) is 4.24. The van der Waals surface area contributed by atoms with Crippen LogP contribution in [0, 0.1) is 13.8 Å². The molecule has 118 valence electrons. The Morgan fingerprint density at radius 1 is 1.27 bits per heavy atom. The van der Waals surface area contributed by atoms with Crippen LogP contribution in [0.3, 0.4) is 0 Å². The highest BCUT2D eigenvalue weighted by atomic mass is 32.2. The van der Waals surface area contributed by atoms with E-state index in [4.69, 9.17) is 4.42 Å². The van der Waals surface area contributed by atoms with Crippen molar-refractivity contribution in [1.82, 2.24) is 5.32 Å². The van der Waals surface area contributed by atoms with E-state index in [1.165, 1.54) is 0 Å². The molecular formula is C16H20N2O3S. The van der Waals surface area contributed by atoms with Gasteiger partial charge in [-0.2, -0.15) is 0 Å². The summed E-state index contributed by atoms with van der Waals surface area (Å²) in [4.78, 5) is 12.7. The van der Waals surface area contributed by atoms with Crippen LogP contribution in [0.5, 0.6) is 0 Å². The van der Waals surface area contributed by atoms with Crippen LogP contribution in [0.15, 0.2) is 39.6 Å². The van der Waals surface area contributed by atoms with Gasteiger partial charge in [-0.15, -0.1) is 0 Å². The molecular weight excluding hydrogens is 300 g/mol. The van der Waals surface area contributed by atoms with Gasteiger partial charge in [-0.05, 0) is 45.0 Å². The van der Waals surface area contributed by atoms with Crippen molar-refractivity contribution in [2.45, 2.75) is 31.7 Å². The molecule has 6 heteroatoms. The largest absolute Gasteiger partial charge is 0.466 e. The number of rotatable bonds is 4. The fourth-order valence-electron chi connectivity index (χ4n) is 2.27. The number of amides is 2. The van der Waals surface area contributed by atoms with Crippen molar-refractivity contribution in [1.29, 1.82) is 0 Å². The molecule has 22 heavy (non-hydrogen) atoms. The number of hydrogen-bond acceptors (Lipinski definition) is 3. The van der Waals surface area contributed by atoms with Crippen molar-refractivity contribution in [3.8, 4) is 0 Å². The quantitative estimate of drug-likeness (QED) is 0.905. The summed E-state index contributed by atoms with van der Waals surface area (Å²) in [5.41, 5.74) is 1.56. The molecule has 2 atom stereocenters. The molecule has 2 amide bonds. The predicted molar refractivity (Wildman–Crippen MR) is 87.5 cm³/mol. The minimum absolute atomic E-state index is 0.166. The van der Waals surface area contributed by atoms with Crippen LogP contribution in [0.4, 0.5) is 10.5 Å². The number of anilines is 1. The number of urea groups is 1. The minimum Gasteiger partial charge on any atom is -0.466 e. The first-order chi connectivity index (χ1) is 10.4. The van der Waals surface area contributed by atoms with Gasteiger partial charge in [-0.1, -0.05) is 6.07 Å². The van der Waals surface area contributed by atoms with Gasteiger partial charge < -0.3 is 15.1 Å². The minimum atomic E-state index is -1.08. The molecule has 0 aliphatic heterocycles. The molecule has 5 nitrogen and oxygen atoms in total. The number of aryl methyl sites for hydroxylation is 2. The Balaban J connectivity index is 2.02. The number of hydrogen-bond donors (Lipinski definition) is 2. The molecule has 0 saturated heterocycles. The summed E-state index contributed by atoms with van der Waals surface area (Å²) in [5.74, 6) is 1.62. The summed E-state index contributed by atoms with van der Waals surface area (Å²) in [5, 5.41) is 5.61. The summed E-state index contributed by atoms with van der Waals surface area (Å²) in [6.45, 7) is 5.65. The van der Waals surface area contributed by atoms with Gasteiger partial charge in [-0.3, -0.25) is 4.21 Å². The van der Waals surface area contributed by atoms with Crippen molar-refractivity contribution in [2.24, 2.45) is 0 Å². The third-order valence-electron chi connectivity index (χ3n) is 3.32. The van der Waals surface area contributed by atoms with Gasteiger partial charge in [-0.25, -0.2) is 4.79 Å². The fraction of sp³-hybridized carbons (Fsp3) is 0.312. The molecule has 1 aromatic heterocycles. The second-order valence-electron chi connectivity index (χ2n) is 5.17. The lowest BCUT2D eigenvalue weighted by Crippen LogP contribution is -2.31. The van der Waals surface area contributed by atoms with Crippen LogP contribution in [-0.4, -0.2) is 16.5 Å². The second kappa shape index (κ2) is 6.79. The maximum atomic E-state index is 12.1. The van der Waals surface area contributed by atoms with Crippen molar-refractivity contribution >= 4 is 22.5 Å². The highest BCUT2D eigenvalue weighted by Gasteiger charge is 2.15. The lowest BCUT2D eigenvalue weighted by Gasteiger charge is -2.14. The molecule has 0 unspecified atom stereocenters. The molecule has 0 aliphatic rings. The average molecular weight is 320 g/mol. The normalized spacial score (nSPS) is 13.5. The Morgan fingerprint density at radius 2 is 2.00 bits per heavy atom. The summed E-state index contributed by atoms with van der Waals surface area (Å²) >= 11 is 0. The molecule has 2 N–H and O–H groups in total. The van der Waals surface area contributed by atoms with Crippen LogP contribution in [-0.2, 0) is 10.8 Å². The second-order valence-corrected chi connectivity index (χ2v) is 6.55. The van der Waals surface area contributed by atoms with Crippen LogP contribution >= 0.6 is 0 Å². The van der Waals surface area contributed by atoms with Gasteiger partial charge in [0, 0.05) is 33.2 Å². The third kappa shape index (κ3) is 3.98. The molecule has 0 bridgehead atoms. The first kappa shape index (κ1) is 16.3. The van der Waals surface area contributed by atoms with E-state index in [1.54, 1.807) is 30.5 Å². The van der Waals surface area contributed by atoms with E-state index in [0.29, 0.717) is 10.6 Å². The zero-order chi connectivity index (χ0) is 16.3. The Morgan fingerprint density at radius 3 is 2.59 bits per heavy atom. The van der Waals surface area contributed by atoms with E-state index in [-0.39, 0.29) is 12.1 Å². The molecule has 0 aliphatic carbocycles. The van der Waals surface area contributed by atoms with E-state index in [1.807, 2.05) is 26.8 Å². The van der Waals surface area contributed by atoms with Gasteiger partial charge in [0.05, 0.1) is 6.04 Å². The Kier molecular flexibility index (Phi) is 5.03. The Hall–Kier alpha value is -2.08. The highest BCUT2D eigenvalue weighted by molar-refractivity contribution is 7.84. The fourth-order valence-corrected chi connectivity index (χ4v) is 2.84. The summed E-state index contributed by atoms with van der Waals surface area (Å²) in [6.07, 6.45) is 1.60. The Labute approximate surface area is 132 Å². The van der Waals surface area contributed by atoms with E-state index in [9.17, 15) is 9.00 Å². The van der Waals surface area contributed by atoms with Crippen LogP contribution in [0.1, 0.15) is 30.0 Å². The smallest absolute Gasteiger partial charge is 0.319 e. The molecule has 1 heterocycles. The van der Waals surface area contributed by atoms with Gasteiger partial charge in [0.25, 0.3) is 0 Å². The van der Waals surface area contributed by atoms with Crippen molar-refractivity contribution in [3.63, 3.8) is 0 Å². The maximum Gasteiger partial charge on any atom is 0.319 e. The standard InChI is InChI=1S/C16H20N2O3S/c1-10-8-15(12(3)21-10)11(2)17-16(19)18-13-6-5-7-14(9-13)22(4)20/h5-9,11H,1-4H3,(H2,17,18,19)/t11-,22-/m1/s1. The lowest BCUT2D eigenvalue weighted by atomic mass is 10.1. The van der Waals surface area contributed by atoms with E-state index in [2.05, 4.69) is 10.6 Å². The molecule has 2 rings (SSSR count). The molecule has 2 aromatic rings. The zero-order valence-corrected chi connectivity index (χ0v) is 13.9. The zero-order valence-electron chi connectivity index (χ0n) is 13.1. The number of carbonyl (C=O) groups is 1.